The van der Waals surface area contributed by atoms with Crippen LogP contribution in [0.3, 0.4) is 0 Å². The molecular formula is C20H26ClN3O. The maximum Gasteiger partial charge on any atom is 0.323 e. The molecular weight excluding hydrogens is 334 g/mol. The van der Waals surface area contributed by atoms with Gasteiger partial charge in [0.05, 0.1) is 0 Å². The lowest BCUT2D eigenvalue weighted by atomic mass is 9.87. The van der Waals surface area contributed by atoms with E-state index >= 15 is 0 Å². The van der Waals surface area contributed by atoms with Gasteiger partial charge in [0.15, 0.2) is 0 Å². The SMILES string of the molecule is CC(C)(C)c1ccc(NC(=O)Nc2ccc3c(c2)CCNC3)cc1.Cl. The van der Waals surface area contributed by atoms with Gasteiger partial charge in [-0.05, 0) is 59.3 Å². The third-order valence-corrected chi connectivity index (χ3v) is 4.36. The van der Waals surface area contributed by atoms with E-state index in [1.165, 1.54) is 16.7 Å². The summed E-state index contributed by atoms with van der Waals surface area (Å²) in [6.07, 6.45) is 1.00. The smallest absolute Gasteiger partial charge is 0.312 e. The molecule has 1 heterocycles. The molecule has 0 aromatic heterocycles. The minimum Gasteiger partial charge on any atom is -0.312 e. The van der Waals surface area contributed by atoms with E-state index in [9.17, 15) is 4.79 Å². The Hall–Kier alpha value is -2.04. The molecule has 0 radical (unpaired) electrons. The molecule has 1 aliphatic heterocycles. The molecule has 3 rings (SSSR count). The van der Waals surface area contributed by atoms with E-state index < -0.39 is 0 Å². The molecule has 0 saturated heterocycles. The Kier molecular flexibility index (Phi) is 6.09. The first-order valence-corrected chi connectivity index (χ1v) is 8.43. The number of halogens is 1. The molecule has 2 aromatic carbocycles. The van der Waals surface area contributed by atoms with E-state index in [0.29, 0.717) is 0 Å². The summed E-state index contributed by atoms with van der Waals surface area (Å²) in [6.45, 7) is 8.42. The average Bonchev–Trinajstić information content (AvgIpc) is 2.54. The number of fused-ring (bicyclic) bond motifs is 1. The number of anilines is 2. The number of carbonyl (C=O) groups excluding carboxylic acids is 1. The Balaban J connectivity index is 0.00000225. The van der Waals surface area contributed by atoms with Crippen molar-refractivity contribution < 1.29 is 4.79 Å². The highest BCUT2D eigenvalue weighted by molar-refractivity contribution is 5.99. The molecule has 134 valence electrons. The average molecular weight is 360 g/mol. The Morgan fingerprint density at radius 2 is 1.60 bits per heavy atom. The number of nitrogens with one attached hydrogen (secondary N) is 3. The number of urea groups is 1. The van der Waals surface area contributed by atoms with Crippen LogP contribution in [0.25, 0.3) is 0 Å². The molecule has 0 unspecified atom stereocenters. The highest BCUT2D eigenvalue weighted by atomic mass is 35.5. The van der Waals surface area contributed by atoms with Gasteiger partial charge in [0.1, 0.15) is 0 Å². The Morgan fingerprint density at radius 1 is 0.960 bits per heavy atom. The van der Waals surface area contributed by atoms with Crippen molar-refractivity contribution in [1.29, 1.82) is 0 Å². The van der Waals surface area contributed by atoms with Crippen LogP contribution in [0.2, 0.25) is 0 Å². The second-order valence-corrected chi connectivity index (χ2v) is 7.32. The summed E-state index contributed by atoms with van der Waals surface area (Å²) in [7, 11) is 0. The minimum absolute atomic E-state index is 0. The van der Waals surface area contributed by atoms with Crippen molar-refractivity contribution in [3.63, 3.8) is 0 Å². The van der Waals surface area contributed by atoms with Crippen LogP contribution in [0.5, 0.6) is 0 Å². The summed E-state index contributed by atoms with van der Waals surface area (Å²) >= 11 is 0. The quantitative estimate of drug-likeness (QED) is 0.728. The van der Waals surface area contributed by atoms with Crippen LogP contribution < -0.4 is 16.0 Å². The van der Waals surface area contributed by atoms with E-state index in [2.05, 4.69) is 61.0 Å². The van der Waals surface area contributed by atoms with Gasteiger partial charge < -0.3 is 16.0 Å². The van der Waals surface area contributed by atoms with Crippen molar-refractivity contribution in [2.45, 2.75) is 39.2 Å². The molecule has 4 nitrogen and oxygen atoms in total. The van der Waals surface area contributed by atoms with Gasteiger partial charge in [0.25, 0.3) is 0 Å². The lowest BCUT2D eigenvalue weighted by molar-refractivity contribution is 0.262. The van der Waals surface area contributed by atoms with Gasteiger partial charge in [0.2, 0.25) is 0 Å². The van der Waals surface area contributed by atoms with Crippen LogP contribution in [0, 0.1) is 0 Å². The van der Waals surface area contributed by atoms with Gasteiger partial charge >= 0.3 is 6.03 Å². The highest BCUT2D eigenvalue weighted by Crippen LogP contribution is 2.24. The molecule has 0 fully saturated rings. The number of hydrogen-bond donors (Lipinski definition) is 3. The van der Waals surface area contributed by atoms with Gasteiger partial charge in [-0.25, -0.2) is 4.79 Å². The lowest BCUT2D eigenvalue weighted by Gasteiger charge is -2.19. The standard InChI is InChI=1S/C20H25N3O.ClH/c1-20(2,3)16-5-8-17(9-6-16)22-19(24)23-18-7-4-15-13-21-11-10-14(15)12-18;/h4-9,12,21H,10-11,13H2,1-3H3,(H2,22,23,24);1H. The Morgan fingerprint density at radius 3 is 2.28 bits per heavy atom. The Labute approximate surface area is 155 Å². The molecule has 0 spiro atoms. The van der Waals surface area contributed by atoms with Crippen LogP contribution in [0.15, 0.2) is 42.5 Å². The minimum atomic E-state index is -0.215. The van der Waals surface area contributed by atoms with Crippen LogP contribution in [-0.4, -0.2) is 12.6 Å². The van der Waals surface area contributed by atoms with Gasteiger partial charge in [-0.1, -0.05) is 39.0 Å². The van der Waals surface area contributed by atoms with Crippen molar-refractivity contribution in [3.8, 4) is 0 Å². The van der Waals surface area contributed by atoms with Crippen LogP contribution in [-0.2, 0) is 18.4 Å². The fourth-order valence-corrected chi connectivity index (χ4v) is 2.90. The maximum atomic E-state index is 12.2. The summed E-state index contributed by atoms with van der Waals surface area (Å²) in [5.41, 5.74) is 5.60. The predicted octanol–water partition coefficient (Wildman–Crippen LogP) is 4.70. The highest BCUT2D eigenvalue weighted by Gasteiger charge is 2.13. The molecule has 5 heteroatoms. The zero-order chi connectivity index (χ0) is 17.2. The topological polar surface area (TPSA) is 53.2 Å². The first-order valence-electron chi connectivity index (χ1n) is 8.43. The monoisotopic (exact) mass is 359 g/mol. The van der Waals surface area contributed by atoms with Gasteiger partial charge in [-0.15, -0.1) is 12.4 Å². The van der Waals surface area contributed by atoms with E-state index in [1.807, 2.05) is 18.2 Å². The van der Waals surface area contributed by atoms with Crippen LogP contribution in [0.4, 0.5) is 16.2 Å². The second-order valence-electron chi connectivity index (χ2n) is 7.32. The van der Waals surface area contributed by atoms with E-state index in [0.717, 1.165) is 30.9 Å². The van der Waals surface area contributed by atoms with Crippen molar-refractivity contribution in [1.82, 2.24) is 5.32 Å². The normalized spacial score (nSPS) is 13.4. The van der Waals surface area contributed by atoms with Gasteiger partial charge in [0, 0.05) is 17.9 Å². The van der Waals surface area contributed by atoms with E-state index in [4.69, 9.17) is 0 Å². The summed E-state index contributed by atoms with van der Waals surface area (Å²) < 4.78 is 0. The van der Waals surface area contributed by atoms with Crippen LogP contribution in [0.1, 0.15) is 37.5 Å². The fraction of sp³-hybridized carbons (Fsp3) is 0.350. The largest absolute Gasteiger partial charge is 0.323 e. The molecule has 2 amide bonds. The number of benzene rings is 2. The fourth-order valence-electron chi connectivity index (χ4n) is 2.90. The third kappa shape index (κ3) is 4.97. The molecule has 0 bridgehead atoms. The van der Waals surface area contributed by atoms with E-state index in [-0.39, 0.29) is 23.9 Å². The van der Waals surface area contributed by atoms with Crippen molar-refractivity contribution >= 4 is 29.8 Å². The van der Waals surface area contributed by atoms with Crippen molar-refractivity contribution in [2.75, 3.05) is 17.2 Å². The van der Waals surface area contributed by atoms with Gasteiger partial charge in [-0.2, -0.15) is 0 Å². The summed E-state index contributed by atoms with van der Waals surface area (Å²) in [4.78, 5) is 12.2. The maximum absolute atomic E-state index is 12.2. The first kappa shape index (κ1) is 19.3. The predicted molar refractivity (Wildman–Crippen MR) is 107 cm³/mol. The summed E-state index contributed by atoms with van der Waals surface area (Å²) in [5.74, 6) is 0. The lowest BCUT2D eigenvalue weighted by Crippen LogP contribution is -2.24. The van der Waals surface area contributed by atoms with Crippen LogP contribution >= 0.6 is 12.4 Å². The van der Waals surface area contributed by atoms with Crippen molar-refractivity contribution in [2.24, 2.45) is 0 Å². The van der Waals surface area contributed by atoms with Crippen molar-refractivity contribution in [3.05, 3.63) is 59.2 Å². The summed E-state index contributed by atoms with van der Waals surface area (Å²) in [6, 6.07) is 13.9. The Bertz CT molecular complexity index is 736. The number of carbonyl (C=O) groups is 1. The molecule has 0 saturated carbocycles. The molecule has 2 aromatic rings. The number of amides is 2. The molecule has 25 heavy (non-hydrogen) atoms. The summed E-state index contributed by atoms with van der Waals surface area (Å²) in [5, 5.41) is 9.15. The molecule has 0 atom stereocenters. The molecule has 0 aliphatic carbocycles. The number of rotatable bonds is 2. The molecule has 3 N–H and O–H groups in total. The molecule has 1 aliphatic rings. The first-order chi connectivity index (χ1) is 11.4. The zero-order valence-corrected chi connectivity index (χ0v) is 15.8. The zero-order valence-electron chi connectivity index (χ0n) is 15.0. The third-order valence-electron chi connectivity index (χ3n) is 4.36. The second kappa shape index (κ2) is 7.89. The van der Waals surface area contributed by atoms with E-state index in [1.54, 1.807) is 0 Å². The number of hydrogen-bond acceptors (Lipinski definition) is 2. The van der Waals surface area contributed by atoms with Gasteiger partial charge in [-0.3, -0.25) is 0 Å².